The van der Waals surface area contributed by atoms with E-state index in [1.165, 1.54) is 3.45 Å². The standard InChI is InChI=1S/C5H3N4.C2H5.F6P.U/c1-2-4-5(6-3-1)8-9-7-4;1-2;1-7(2,3,4,5)6;/h1-3H;1H2,2H3;;/q-1;;-1;+1. The predicted octanol–water partition coefficient (Wildman–Crippen LogP) is 4.50. The summed E-state index contributed by atoms with van der Waals surface area (Å²) in [6.45, 7) is 2.20. The summed E-state index contributed by atoms with van der Waals surface area (Å²) in [5.74, 6) is 0. The van der Waals surface area contributed by atoms with Gasteiger partial charge in [-0.3, -0.25) is 0 Å². The van der Waals surface area contributed by atoms with E-state index in [0.29, 0.717) is 0 Å². The molecule has 2 heterocycles. The molecule has 4 nitrogen and oxygen atoms in total. The maximum absolute atomic E-state index is 10.7. The summed E-state index contributed by atoms with van der Waals surface area (Å²) < 4.78 is 62.5. The zero-order chi connectivity index (χ0) is 14.8. The molecule has 0 saturated carbocycles. The van der Waals surface area contributed by atoms with Gasteiger partial charge in [0.2, 0.25) is 0 Å². The molecular weight excluding hydrogens is 523 g/mol. The molecular formula is C7H8F6N4PU-. The monoisotopic (exact) mass is 531 g/mol. The zero-order valence-corrected chi connectivity index (χ0v) is 14.5. The minimum absolute atomic E-state index is 0.899. The quantitative estimate of drug-likeness (QED) is 0.424. The number of hydrogen-bond donors (Lipinski definition) is 0. The molecule has 0 N–H and O–H groups in total. The fourth-order valence-corrected chi connectivity index (χ4v) is 4.06. The Morgan fingerprint density at radius 1 is 1.21 bits per heavy atom. The molecule has 0 bridgehead atoms. The number of halogens is 6. The van der Waals surface area contributed by atoms with Crippen LogP contribution in [0.5, 0.6) is 0 Å². The summed E-state index contributed by atoms with van der Waals surface area (Å²) in [5.41, 5.74) is 1.89. The Morgan fingerprint density at radius 2 is 1.79 bits per heavy atom. The SMILES string of the molecule is C[CH2][U][n]1nnc2cccnc21.F[P-](F)(F)(F)(F)F. The van der Waals surface area contributed by atoms with Crippen LogP contribution in [0.1, 0.15) is 6.92 Å². The van der Waals surface area contributed by atoms with Crippen LogP contribution in [-0.4, -0.2) is 17.3 Å². The summed E-state index contributed by atoms with van der Waals surface area (Å²) >= 11 is -0.899. The van der Waals surface area contributed by atoms with Crippen molar-refractivity contribution in [2.45, 2.75) is 10.4 Å². The van der Waals surface area contributed by atoms with Crippen LogP contribution in [0.2, 0.25) is 3.45 Å². The topological polar surface area (TPSA) is 43.6 Å². The van der Waals surface area contributed by atoms with Gasteiger partial charge in [-0.1, -0.05) is 0 Å². The normalized spacial score (nSPS) is 14.9. The average Bonchev–Trinajstić information content (AvgIpc) is 2.58. The fourth-order valence-electron chi connectivity index (χ4n) is 1.02. The van der Waals surface area contributed by atoms with E-state index in [9.17, 15) is 25.2 Å². The van der Waals surface area contributed by atoms with Crippen LogP contribution in [0.4, 0.5) is 25.2 Å². The molecule has 0 aliphatic heterocycles. The van der Waals surface area contributed by atoms with Crippen LogP contribution in [0, 0.1) is 28.1 Å². The third kappa shape index (κ3) is 8.40. The molecule has 0 spiro atoms. The third-order valence-electron chi connectivity index (χ3n) is 1.52. The molecule has 0 saturated heterocycles. The first-order chi connectivity index (χ1) is 8.36. The second-order valence-electron chi connectivity index (χ2n) is 3.32. The molecule has 108 valence electrons. The van der Waals surface area contributed by atoms with Crippen molar-refractivity contribution in [3.63, 3.8) is 0 Å². The second-order valence-corrected chi connectivity index (χ2v) is 11.3. The van der Waals surface area contributed by atoms with Crippen LogP contribution >= 0.6 is 7.81 Å². The summed E-state index contributed by atoms with van der Waals surface area (Å²) in [5, 5.41) is 8.12. The molecule has 12 heteroatoms. The summed E-state index contributed by atoms with van der Waals surface area (Å²) in [6.07, 6.45) is 1.80. The van der Waals surface area contributed by atoms with Crippen LogP contribution in [0.25, 0.3) is 11.2 Å². The van der Waals surface area contributed by atoms with E-state index in [1.54, 1.807) is 6.20 Å². The molecule has 0 atom stereocenters. The van der Waals surface area contributed by atoms with Gasteiger partial charge < -0.3 is 0 Å². The van der Waals surface area contributed by atoms with Crippen LogP contribution in [0.3, 0.4) is 0 Å². The first-order valence-corrected chi connectivity index (χ1v) is 11.7. The van der Waals surface area contributed by atoms with Gasteiger partial charge in [-0.2, -0.15) is 0 Å². The van der Waals surface area contributed by atoms with Crippen molar-refractivity contribution in [3.8, 4) is 0 Å². The minimum atomic E-state index is -10.7. The second kappa shape index (κ2) is 4.86. The molecule has 0 unspecified atom stereocenters. The Kier molecular flexibility index (Phi) is 4.27. The first kappa shape index (κ1) is 16.7. The molecule has 0 fully saturated rings. The van der Waals surface area contributed by atoms with Crippen molar-refractivity contribution in [1.82, 2.24) is 17.3 Å². The number of nitrogens with zero attached hydrogens (tertiary/aromatic N) is 4. The number of fused-ring (bicyclic) bond motifs is 1. The van der Waals surface area contributed by atoms with Gasteiger partial charge in [0.15, 0.2) is 0 Å². The van der Waals surface area contributed by atoms with Crippen molar-refractivity contribution < 1.29 is 53.2 Å². The van der Waals surface area contributed by atoms with Gasteiger partial charge in [-0.25, -0.2) is 0 Å². The molecule has 2 aromatic rings. The van der Waals surface area contributed by atoms with Gasteiger partial charge in [0.05, 0.1) is 0 Å². The van der Waals surface area contributed by atoms with Crippen LogP contribution < -0.4 is 0 Å². The van der Waals surface area contributed by atoms with E-state index in [2.05, 4.69) is 22.2 Å². The number of rotatable bonds is 2. The summed E-state index contributed by atoms with van der Waals surface area (Å²) in [7, 11) is -10.7. The predicted molar refractivity (Wildman–Crippen MR) is 54.8 cm³/mol. The summed E-state index contributed by atoms with van der Waals surface area (Å²) in [6, 6.07) is 3.84. The Morgan fingerprint density at radius 3 is 2.32 bits per heavy atom. The zero-order valence-electron chi connectivity index (χ0n) is 9.44. The van der Waals surface area contributed by atoms with Crippen molar-refractivity contribution >= 4 is 19.0 Å². The molecule has 0 aliphatic rings. The van der Waals surface area contributed by atoms with Gasteiger partial charge in [-0.05, 0) is 0 Å². The van der Waals surface area contributed by atoms with Gasteiger partial charge in [-0.15, -0.1) is 0 Å². The van der Waals surface area contributed by atoms with Crippen LogP contribution in [-0.2, 0) is 0 Å². The maximum atomic E-state index is 9.87. The van der Waals surface area contributed by atoms with Crippen molar-refractivity contribution in [2.24, 2.45) is 0 Å². The van der Waals surface area contributed by atoms with Gasteiger partial charge in [0, 0.05) is 0 Å². The van der Waals surface area contributed by atoms with E-state index in [1.807, 2.05) is 14.1 Å². The van der Waals surface area contributed by atoms with E-state index in [4.69, 9.17) is 0 Å². The molecule has 0 radical (unpaired) electrons. The average molecular weight is 531 g/mol. The Labute approximate surface area is 118 Å². The summed E-state index contributed by atoms with van der Waals surface area (Å²) in [4.78, 5) is 4.25. The molecule has 2 aromatic heterocycles. The van der Waals surface area contributed by atoms with E-state index in [0.717, 1.165) is 11.2 Å². The Bertz CT molecular complexity index is 555. The number of aromatic nitrogens is 4. The van der Waals surface area contributed by atoms with E-state index >= 15 is 0 Å². The van der Waals surface area contributed by atoms with Crippen LogP contribution in [0.15, 0.2) is 18.3 Å². The molecule has 0 aliphatic carbocycles. The fraction of sp³-hybridized carbons (Fsp3) is 0.286. The van der Waals surface area contributed by atoms with Crippen molar-refractivity contribution in [1.29, 1.82) is 0 Å². The molecule has 0 aromatic carbocycles. The van der Waals surface area contributed by atoms with Crippen molar-refractivity contribution in [2.75, 3.05) is 0 Å². The van der Waals surface area contributed by atoms with Crippen molar-refractivity contribution in [3.05, 3.63) is 18.3 Å². The van der Waals surface area contributed by atoms with Gasteiger partial charge in [0.25, 0.3) is 0 Å². The van der Waals surface area contributed by atoms with E-state index in [-0.39, 0.29) is 0 Å². The Hall–Kier alpha value is -0.388. The molecule has 0 amide bonds. The first-order valence-electron chi connectivity index (χ1n) is 4.83. The third-order valence-corrected chi connectivity index (χ3v) is 5.33. The number of pyridine rings is 1. The molecule has 19 heavy (non-hydrogen) atoms. The number of hydrogen-bond acceptors (Lipinski definition) is 3. The van der Waals surface area contributed by atoms with Gasteiger partial charge in [0.1, 0.15) is 0 Å². The molecule has 2 rings (SSSR count). The van der Waals surface area contributed by atoms with E-state index < -0.39 is 35.9 Å². The Balaban J connectivity index is 0.000000224. The van der Waals surface area contributed by atoms with Gasteiger partial charge >= 0.3 is 118 Å².